The van der Waals surface area contributed by atoms with E-state index in [1.807, 2.05) is 12.3 Å². The summed E-state index contributed by atoms with van der Waals surface area (Å²) in [5.74, 6) is 1.13. The van der Waals surface area contributed by atoms with Crippen molar-refractivity contribution in [2.75, 3.05) is 31.7 Å². The summed E-state index contributed by atoms with van der Waals surface area (Å²) in [5, 5.41) is 3.42. The van der Waals surface area contributed by atoms with Crippen molar-refractivity contribution in [3.05, 3.63) is 23.9 Å². The molecular weight excluding hydrogens is 262 g/mol. The maximum atomic E-state index is 5.08. The Morgan fingerprint density at radius 1 is 1.38 bits per heavy atom. The summed E-state index contributed by atoms with van der Waals surface area (Å²) in [5.41, 5.74) is 1.27. The van der Waals surface area contributed by atoms with Crippen LogP contribution in [0, 0.1) is 0 Å². The SMILES string of the molecule is CCCCN(c1ncccc1CNCCOC)C(C)CC. The van der Waals surface area contributed by atoms with Crippen molar-refractivity contribution in [1.82, 2.24) is 10.3 Å². The van der Waals surface area contributed by atoms with Crippen LogP contribution in [0.4, 0.5) is 5.82 Å². The Morgan fingerprint density at radius 3 is 2.86 bits per heavy atom. The molecule has 0 aromatic carbocycles. The number of ether oxygens (including phenoxy) is 1. The molecule has 120 valence electrons. The summed E-state index contributed by atoms with van der Waals surface area (Å²) in [7, 11) is 1.73. The number of methoxy groups -OCH3 is 1. The third-order valence-corrected chi connectivity index (χ3v) is 3.81. The molecule has 1 N–H and O–H groups in total. The fraction of sp³-hybridized carbons (Fsp3) is 0.706. The lowest BCUT2D eigenvalue weighted by molar-refractivity contribution is 0.199. The van der Waals surface area contributed by atoms with E-state index in [1.165, 1.54) is 18.4 Å². The molecule has 4 nitrogen and oxygen atoms in total. The van der Waals surface area contributed by atoms with Gasteiger partial charge in [0, 0.05) is 44.5 Å². The molecular formula is C17H31N3O. The Balaban J connectivity index is 2.80. The summed E-state index contributed by atoms with van der Waals surface area (Å²) < 4.78 is 5.08. The van der Waals surface area contributed by atoms with Crippen molar-refractivity contribution in [3.63, 3.8) is 0 Å². The Bertz CT molecular complexity index is 384. The highest BCUT2D eigenvalue weighted by atomic mass is 16.5. The molecule has 0 radical (unpaired) electrons. The summed E-state index contributed by atoms with van der Waals surface area (Å²) in [6.45, 7) is 10.3. The van der Waals surface area contributed by atoms with Gasteiger partial charge in [0.1, 0.15) is 5.82 Å². The van der Waals surface area contributed by atoms with E-state index in [9.17, 15) is 0 Å². The minimum absolute atomic E-state index is 0.518. The number of hydrogen-bond acceptors (Lipinski definition) is 4. The van der Waals surface area contributed by atoms with Gasteiger partial charge >= 0.3 is 0 Å². The number of nitrogens with one attached hydrogen (secondary N) is 1. The summed E-state index contributed by atoms with van der Waals surface area (Å²) in [6, 6.07) is 4.71. The van der Waals surface area contributed by atoms with Crippen LogP contribution in [0.5, 0.6) is 0 Å². The number of nitrogens with zero attached hydrogens (tertiary/aromatic N) is 2. The molecule has 0 saturated heterocycles. The van der Waals surface area contributed by atoms with Gasteiger partial charge in [0.05, 0.1) is 6.61 Å². The first-order chi connectivity index (χ1) is 10.2. The van der Waals surface area contributed by atoms with Crippen LogP contribution >= 0.6 is 0 Å². The van der Waals surface area contributed by atoms with Crippen LogP contribution in [0.2, 0.25) is 0 Å². The number of aromatic nitrogens is 1. The highest BCUT2D eigenvalue weighted by molar-refractivity contribution is 5.47. The summed E-state index contributed by atoms with van der Waals surface area (Å²) >= 11 is 0. The van der Waals surface area contributed by atoms with Crippen molar-refractivity contribution in [1.29, 1.82) is 0 Å². The van der Waals surface area contributed by atoms with Crippen molar-refractivity contribution >= 4 is 5.82 Å². The molecule has 1 aromatic rings. The van der Waals surface area contributed by atoms with Crippen LogP contribution in [-0.2, 0) is 11.3 Å². The Morgan fingerprint density at radius 2 is 2.19 bits per heavy atom. The van der Waals surface area contributed by atoms with Crippen LogP contribution in [0.1, 0.15) is 45.6 Å². The maximum Gasteiger partial charge on any atom is 0.133 e. The largest absolute Gasteiger partial charge is 0.383 e. The zero-order valence-corrected chi connectivity index (χ0v) is 14.1. The van der Waals surface area contributed by atoms with Crippen LogP contribution in [0.25, 0.3) is 0 Å². The van der Waals surface area contributed by atoms with Crippen molar-refractivity contribution in [2.45, 2.75) is 52.6 Å². The zero-order chi connectivity index (χ0) is 15.5. The van der Waals surface area contributed by atoms with Crippen LogP contribution in [0.15, 0.2) is 18.3 Å². The molecule has 1 atom stereocenters. The Kier molecular flexibility index (Phi) is 9.02. The molecule has 1 rings (SSSR count). The van der Waals surface area contributed by atoms with Gasteiger partial charge in [0.15, 0.2) is 0 Å². The number of anilines is 1. The number of pyridine rings is 1. The lowest BCUT2D eigenvalue weighted by Crippen LogP contribution is -2.35. The Hall–Kier alpha value is -1.13. The molecule has 1 unspecified atom stereocenters. The van der Waals surface area contributed by atoms with Gasteiger partial charge in [-0.3, -0.25) is 0 Å². The highest BCUT2D eigenvalue weighted by Crippen LogP contribution is 2.21. The highest BCUT2D eigenvalue weighted by Gasteiger charge is 2.16. The fourth-order valence-electron chi connectivity index (χ4n) is 2.31. The van der Waals surface area contributed by atoms with E-state index < -0.39 is 0 Å². The van der Waals surface area contributed by atoms with Gasteiger partial charge in [0.25, 0.3) is 0 Å². The van der Waals surface area contributed by atoms with E-state index >= 15 is 0 Å². The first-order valence-corrected chi connectivity index (χ1v) is 8.14. The molecule has 0 fully saturated rings. The Labute approximate surface area is 129 Å². The molecule has 1 aromatic heterocycles. The monoisotopic (exact) mass is 293 g/mol. The average molecular weight is 293 g/mol. The lowest BCUT2D eigenvalue weighted by atomic mass is 10.1. The van der Waals surface area contributed by atoms with Gasteiger partial charge < -0.3 is 15.0 Å². The first-order valence-electron chi connectivity index (χ1n) is 8.14. The summed E-state index contributed by atoms with van der Waals surface area (Å²) in [4.78, 5) is 7.11. The van der Waals surface area contributed by atoms with E-state index in [-0.39, 0.29) is 0 Å². The van der Waals surface area contributed by atoms with Crippen molar-refractivity contribution in [2.24, 2.45) is 0 Å². The molecule has 0 spiro atoms. The first kappa shape index (κ1) is 17.9. The lowest BCUT2D eigenvalue weighted by Gasteiger charge is -2.31. The van der Waals surface area contributed by atoms with Gasteiger partial charge in [-0.05, 0) is 25.8 Å². The molecule has 0 saturated carbocycles. The zero-order valence-electron chi connectivity index (χ0n) is 14.1. The van der Waals surface area contributed by atoms with Gasteiger partial charge in [-0.1, -0.05) is 26.3 Å². The van der Waals surface area contributed by atoms with Crippen molar-refractivity contribution < 1.29 is 4.74 Å². The van der Waals surface area contributed by atoms with Crippen LogP contribution in [0.3, 0.4) is 0 Å². The van der Waals surface area contributed by atoms with Gasteiger partial charge in [-0.15, -0.1) is 0 Å². The normalized spacial score (nSPS) is 12.4. The summed E-state index contributed by atoms with van der Waals surface area (Å²) in [6.07, 6.45) is 5.45. The number of hydrogen-bond donors (Lipinski definition) is 1. The van der Waals surface area contributed by atoms with Gasteiger partial charge in [-0.2, -0.15) is 0 Å². The van der Waals surface area contributed by atoms with E-state index in [0.717, 1.165) is 38.5 Å². The minimum atomic E-state index is 0.518. The van der Waals surface area contributed by atoms with E-state index in [0.29, 0.717) is 6.04 Å². The molecule has 1 heterocycles. The molecule has 21 heavy (non-hydrogen) atoms. The number of unbranched alkanes of at least 4 members (excludes halogenated alkanes) is 1. The van der Waals surface area contributed by atoms with Gasteiger partial charge in [0.2, 0.25) is 0 Å². The average Bonchev–Trinajstić information content (AvgIpc) is 2.52. The van der Waals surface area contributed by atoms with Crippen LogP contribution in [-0.4, -0.2) is 37.8 Å². The second-order valence-corrected chi connectivity index (χ2v) is 5.46. The second-order valence-electron chi connectivity index (χ2n) is 5.46. The van der Waals surface area contributed by atoms with Crippen LogP contribution < -0.4 is 10.2 Å². The van der Waals surface area contributed by atoms with E-state index in [1.54, 1.807) is 7.11 Å². The third-order valence-electron chi connectivity index (χ3n) is 3.81. The molecule has 0 aliphatic heterocycles. The van der Waals surface area contributed by atoms with E-state index in [4.69, 9.17) is 4.74 Å². The topological polar surface area (TPSA) is 37.4 Å². The smallest absolute Gasteiger partial charge is 0.133 e. The quantitative estimate of drug-likeness (QED) is 0.636. The molecule has 0 aliphatic rings. The van der Waals surface area contributed by atoms with E-state index in [2.05, 4.69) is 42.0 Å². The predicted molar refractivity (Wildman–Crippen MR) is 89.8 cm³/mol. The minimum Gasteiger partial charge on any atom is -0.383 e. The third kappa shape index (κ3) is 6.02. The maximum absolute atomic E-state index is 5.08. The molecule has 0 aliphatic carbocycles. The molecule has 4 heteroatoms. The standard InChI is InChI=1S/C17H31N3O/c1-5-7-12-20(15(3)6-2)17-16(9-8-10-19-17)14-18-11-13-21-4/h8-10,15,18H,5-7,11-14H2,1-4H3. The molecule has 0 amide bonds. The van der Waals surface area contributed by atoms with Gasteiger partial charge in [-0.25, -0.2) is 4.98 Å². The van der Waals surface area contributed by atoms with Crippen molar-refractivity contribution in [3.8, 4) is 0 Å². The number of rotatable bonds is 11. The predicted octanol–water partition coefficient (Wildman–Crippen LogP) is 3.22. The second kappa shape index (κ2) is 10.6. The fourth-order valence-corrected chi connectivity index (χ4v) is 2.31. The molecule has 0 bridgehead atoms.